The van der Waals surface area contributed by atoms with Crippen LogP contribution >= 0.6 is 46.3 Å². The zero-order chi connectivity index (χ0) is 25.5. The van der Waals surface area contributed by atoms with Crippen LogP contribution in [0.3, 0.4) is 0 Å². The van der Waals surface area contributed by atoms with Gasteiger partial charge in [-0.1, -0.05) is 53.2 Å². The molecule has 2 heterocycles. The molecule has 2 amide bonds. The number of rotatable bonds is 8. The van der Waals surface area contributed by atoms with Crippen molar-refractivity contribution in [3.8, 4) is 11.3 Å². The van der Waals surface area contributed by atoms with Crippen molar-refractivity contribution in [1.29, 1.82) is 0 Å². The summed E-state index contributed by atoms with van der Waals surface area (Å²) in [5.41, 5.74) is 3.56. The predicted octanol–water partition coefficient (Wildman–Crippen LogP) is 6.17. The monoisotopic (exact) mass is 564 g/mol. The number of benzene rings is 2. The Morgan fingerprint density at radius 2 is 1.89 bits per heavy atom. The highest BCUT2D eigenvalue weighted by atomic mass is 35.5. The van der Waals surface area contributed by atoms with E-state index in [4.69, 9.17) is 23.2 Å². The number of thioether (sulfide) groups is 1. The fraction of sp³-hybridized carbons (Fsp3) is 0.320. The van der Waals surface area contributed by atoms with Gasteiger partial charge >= 0.3 is 6.09 Å². The van der Waals surface area contributed by atoms with Gasteiger partial charge in [-0.3, -0.25) is 15.0 Å². The van der Waals surface area contributed by atoms with Crippen molar-refractivity contribution in [3.63, 3.8) is 0 Å². The van der Waals surface area contributed by atoms with Crippen molar-refractivity contribution in [2.24, 2.45) is 0 Å². The summed E-state index contributed by atoms with van der Waals surface area (Å²) in [5.74, 6) is 0.358. The van der Waals surface area contributed by atoms with E-state index in [0.717, 1.165) is 53.6 Å². The normalized spacial score (nSPS) is 14.4. The van der Waals surface area contributed by atoms with Gasteiger partial charge < -0.3 is 10.1 Å². The van der Waals surface area contributed by atoms with Crippen LogP contribution in [-0.2, 0) is 16.1 Å². The number of anilines is 1. The maximum atomic E-state index is 12.5. The molecule has 0 spiro atoms. The van der Waals surface area contributed by atoms with Gasteiger partial charge in [-0.25, -0.2) is 9.78 Å². The van der Waals surface area contributed by atoms with E-state index in [1.807, 2.05) is 35.7 Å². The van der Waals surface area contributed by atoms with Gasteiger partial charge in [0.15, 0.2) is 4.34 Å². The number of likely N-dealkylation sites (tertiary alicyclic amines) is 1. The van der Waals surface area contributed by atoms with Gasteiger partial charge in [0.25, 0.3) is 0 Å². The number of aromatic nitrogens is 1. The number of halogens is 2. The average molecular weight is 566 g/mol. The third kappa shape index (κ3) is 7.60. The number of nitrogens with zero attached hydrogens (tertiary/aromatic N) is 2. The molecule has 2 aromatic carbocycles. The van der Waals surface area contributed by atoms with Gasteiger partial charge in [0, 0.05) is 42.3 Å². The second-order valence-electron chi connectivity index (χ2n) is 8.35. The third-order valence-electron chi connectivity index (χ3n) is 5.77. The summed E-state index contributed by atoms with van der Waals surface area (Å²) in [4.78, 5) is 30.8. The lowest BCUT2D eigenvalue weighted by Gasteiger charge is -2.32. The Kier molecular flexibility index (Phi) is 9.50. The molecule has 1 aromatic heterocycles. The van der Waals surface area contributed by atoms with E-state index >= 15 is 0 Å². The average Bonchev–Trinajstić information content (AvgIpc) is 3.36. The molecular weight excluding hydrogens is 539 g/mol. The first-order valence-corrected chi connectivity index (χ1v) is 14.0. The van der Waals surface area contributed by atoms with Gasteiger partial charge in [-0.2, -0.15) is 0 Å². The van der Waals surface area contributed by atoms with Gasteiger partial charge in [0.05, 0.1) is 28.6 Å². The van der Waals surface area contributed by atoms with E-state index in [1.165, 1.54) is 30.2 Å². The number of amides is 2. The first-order chi connectivity index (χ1) is 17.4. The van der Waals surface area contributed by atoms with Crippen LogP contribution in [0.1, 0.15) is 18.4 Å². The summed E-state index contributed by atoms with van der Waals surface area (Å²) in [6.45, 7) is 2.66. The van der Waals surface area contributed by atoms with E-state index in [-0.39, 0.29) is 11.9 Å². The van der Waals surface area contributed by atoms with Crippen LogP contribution < -0.4 is 10.6 Å². The summed E-state index contributed by atoms with van der Waals surface area (Å²) in [6.07, 6.45) is 1.32. The molecule has 3 aromatic rings. The lowest BCUT2D eigenvalue weighted by molar-refractivity contribution is -0.119. The van der Waals surface area contributed by atoms with Gasteiger partial charge in [0.2, 0.25) is 5.91 Å². The summed E-state index contributed by atoms with van der Waals surface area (Å²) in [5, 5.41) is 8.89. The Morgan fingerprint density at radius 3 is 2.58 bits per heavy atom. The Balaban J connectivity index is 1.19. The summed E-state index contributed by atoms with van der Waals surface area (Å²) in [6, 6.07) is 13.3. The lowest BCUT2D eigenvalue weighted by atomic mass is 10.0. The smallest absolute Gasteiger partial charge is 0.411 e. The maximum absolute atomic E-state index is 12.5. The minimum Gasteiger partial charge on any atom is -0.453 e. The van der Waals surface area contributed by atoms with Crippen LogP contribution in [0.15, 0.2) is 52.2 Å². The van der Waals surface area contributed by atoms with Crippen LogP contribution in [0.4, 0.5) is 10.5 Å². The molecule has 4 rings (SSSR count). The number of methoxy groups -OCH3 is 1. The molecule has 2 N–H and O–H groups in total. The summed E-state index contributed by atoms with van der Waals surface area (Å²) < 4.78 is 5.43. The van der Waals surface area contributed by atoms with Crippen LogP contribution in [0.25, 0.3) is 11.3 Å². The Hall–Kier alpha value is -2.30. The molecule has 1 aliphatic heterocycles. The molecule has 0 aliphatic carbocycles. The molecule has 11 heteroatoms. The van der Waals surface area contributed by atoms with Crippen molar-refractivity contribution < 1.29 is 14.3 Å². The second-order valence-corrected chi connectivity index (χ2v) is 11.2. The zero-order valence-electron chi connectivity index (χ0n) is 19.6. The summed E-state index contributed by atoms with van der Waals surface area (Å²) >= 11 is 15.1. The van der Waals surface area contributed by atoms with E-state index in [0.29, 0.717) is 21.5 Å². The van der Waals surface area contributed by atoms with E-state index in [2.05, 4.69) is 25.3 Å². The largest absolute Gasteiger partial charge is 0.453 e. The van der Waals surface area contributed by atoms with Crippen molar-refractivity contribution >= 4 is 64.0 Å². The first-order valence-electron chi connectivity index (χ1n) is 11.4. The number of carbonyl (C=O) groups is 2. The van der Waals surface area contributed by atoms with Gasteiger partial charge in [-0.15, -0.1) is 11.3 Å². The molecular formula is C25H26Cl2N4O3S2. The maximum Gasteiger partial charge on any atom is 0.411 e. The van der Waals surface area contributed by atoms with Crippen LogP contribution in [0.5, 0.6) is 0 Å². The highest BCUT2D eigenvalue weighted by molar-refractivity contribution is 8.01. The van der Waals surface area contributed by atoms with Crippen molar-refractivity contribution in [2.75, 3.05) is 31.3 Å². The van der Waals surface area contributed by atoms with Crippen LogP contribution in [-0.4, -0.2) is 53.9 Å². The number of hydrogen-bond donors (Lipinski definition) is 2. The van der Waals surface area contributed by atoms with Gasteiger partial charge in [-0.05, 0) is 42.7 Å². The molecule has 1 aliphatic rings. The first kappa shape index (κ1) is 26.8. The van der Waals surface area contributed by atoms with E-state index in [1.54, 1.807) is 12.1 Å². The molecule has 190 valence electrons. The Bertz CT molecular complexity index is 1200. The Labute approximate surface area is 228 Å². The number of ether oxygens (including phenoxy) is 1. The quantitative estimate of drug-likeness (QED) is 0.318. The van der Waals surface area contributed by atoms with Crippen LogP contribution in [0, 0.1) is 0 Å². The lowest BCUT2D eigenvalue weighted by Crippen LogP contribution is -2.44. The topological polar surface area (TPSA) is 83.6 Å². The van der Waals surface area contributed by atoms with E-state index in [9.17, 15) is 9.59 Å². The number of carbonyl (C=O) groups excluding carboxylic acids is 2. The highest BCUT2D eigenvalue weighted by Gasteiger charge is 2.21. The molecule has 0 unspecified atom stereocenters. The molecule has 1 fully saturated rings. The number of nitrogens with one attached hydrogen (secondary N) is 2. The zero-order valence-corrected chi connectivity index (χ0v) is 22.8. The van der Waals surface area contributed by atoms with Crippen LogP contribution in [0.2, 0.25) is 10.0 Å². The molecule has 36 heavy (non-hydrogen) atoms. The predicted molar refractivity (Wildman–Crippen MR) is 147 cm³/mol. The number of piperidine rings is 1. The minimum atomic E-state index is -0.512. The standard InChI is InChI=1S/C25H26Cl2N4O3S2/c1-34-24(33)29-18-5-3-17(4-6-18)22-14-35-25(30-22)36-15-23(32)28-19-8-10-31(11-9-19)13-16-2-7-20(26)21(27)12-16/h2-7,12,14,19H,8-11,13,15H2,1H3,(H,28,32)(H,29,33). The molecule has 7 nitrogen and oxygen atoms in total. The molecule has 0 bridgehead atoms. The number of thiazole rings is 1. The molecule has 0 radical (unpaired) electrons. The fourth-order valence-electron chi connectivity index (χ4n) is 3.88. The Morgan fingerprint density at radius 1 is 1.14 bits per heavy atom. The molecule has 0 atom stereocenters. The second kappa shape index (κ2) is 12.8. The molecule has 1 saturated heterocycles. The SMILES string of the molecule is COC(=O)Nc1ccc(-c2csc(SCC(=O)NC3CCN(Cc4ccc(Cl)c(Cl)c4)CC3)n2)cc1. The fourth-order valence-corrected chi connectivity index (χ4v) is 5.84. The number of hydrogen-bond acceptors (Lipinski definition) is 7. The summed E-state index contributed by atoms with van der Waals surface area (Å²) in [7, 11) is 1.32. The highest BCUT2D eigenvalue weighted by Crippen LogP contribution is 2.29. The van der Waals surface area contributed by atoms with Gasteiger partial charge in [0.1, 0.15) is 0 Å². The minimum absolute atomic E-state index is 0.0259. The van der Waals surface area contributed by atoms with Crippen molar-refractivity contribution in [1.82, 2.24) is 15.2 Å². The van der Waals surface area contributed by atoms with Crippen molar-refractivity contribution in [3.05, 3.63) is 63.5 Å². The third-order valence-corrected chi connectivity index (χ3v) is 8.53. The van der Waals surface area contributed by atoms with Crippen molar-refractivity contribution in [2.45, 2.75) is 29.8 Å². The molecule has 0 saturated carbocycles. The van der Waals surface area contributed by atoms with E-state index < -0.39 is 6.09 Å².